The summed E-state index contributed by atoms with van der Waals surface area (Å²) in [7, 11) is 0. The molecule has 2 heterocycles. The molecule has 0 aliphatic rings. The van der Waals surface area contributed by atoms with Gasteiger partial charge in [0.1, 0.15) is 0 Å². The standard InChI is InChI=1S/C18H14ClNO2/c1-11-16(12(2)21)15-5-3-4-10-20(15)17(11)18(22)13-6-8-14(19)9-7-13/h3-10H,1-2H3. The Kier molecular flexibility index (Phi) is 3.59. The maximum atomic E-state index is 12.9. The molecule has 0 bridgehead atoms. The van der Waals surface area contributed by atoms with E-state index >= 15 is 0 Å². The normalized spacial score (nSPS) is 10.9. The Bertz CT molecular complexity index is 891. The molecule has 22 heavy (non-hydrogen) atoms. The molecule has 0 saturated heterocycles. The van der Waals surface area contributed by atoms with Crippen molar-refractivity contribution in [3.05, 3.63) is 76.1 Å². The molecule has 110 valence electrons. The van der Waals surface area contributed by atoms with Crippen molar-refractivity contribution in [2.75, 3.05) is 0 Å². The van der Waals surface area contributed by atoms with Gasteiger partial charge in [-0.15, -0.1) is 0 Å². The van der Waals surface area contributed by atoms with Gasteiger partial charge >= 0.3 is 0 Å². The van der Waals surface area contributed by atoms with Gasteiger partial charge in [0.05, 0.1) is 11.2 Å². The lowest BCUT2D eigenvalue weighted by Gasteiger charge is -2.04. The van der Waals surface area contributed by atoms with Crippen molar-refractivity contribution in [3.63, 3.8) is 0 Å². The van der Waals surface area contributed by atoms with Crippen molar-refractivity contribution >= 4 is 28.7 Å². The van der Waals surface area contributed by atoms with E-state index in [2.05, 4.69) is 0 Å². The van der Waals surface area contributed by atoms with Gasteiger partial charge in [-0.3, -0.25) is 9.59 Å². The molecule has 0 atom stereocenters. The van der Waals surface area contributed by atoms with E-state index in [1.54, 1.807) is 34.9 Å². The molecule has 0 spiro atoms. The minimum absolute atomic E-state index is 0.0450. The fraction of sp³-hybridized carbons (Fsp3) is 0.111. The first-order chi connectivity index (χ1) is 10.5. The minimum Gasteiger partial charge on any atom is -0.313 e. The Morgan fingerprint density at radius 1 is 1.05 bits per heavy atom. The summed E-state index contributed by atoms with van der Waals surface area (Å²) in [5, 5.41) is 0.581. The van der Waals surface area contributed by atoms with E-state index in [1.807, 2.05) is 25.1 Å². The molecule has 2 aromatic heterocycles. The smallest absolute Gasteiger partial charge is 0.210 e. The number of ketones is 2. The highest BCUT2D eigenvalue weighted by Gasteiger charge is 2.23. The number of halogens is 1. The van der Waals surface area contributed by atoms with Crippen LogP contribution in [0.25, 0.3) is 5.52 Å². The van der Waals surface area contributed by atoms with Gasteiger partial charge in [0.15, 0.2) is 5.78 Å². The number of benzene rings is 1. The average Bonchev–Trinajstić information content (AvgIpc) is 2.79. The van der Waals surface area contributed by atoms with Crippen molar-refractivity contribution in [2.45, 2.75) is 13.8 Å². The Balaban J connectivity index is 2.27. The van der Waals surface area contributed by atoms with Crippen LogP contribution in [0.15, 0.2) is 48.7 Å². The summed E-state index contributed by atoms with van der Waals surface area (Å²) >= 11 is 5.87. The first-order valence-corrected chi connectivity index (χ1v) is 7.29. The fourth-order valence-electron chi connectivity index (χ4n) is 2.80. The van der Waals surface area contributed by atoms with Crippen LogP contribution < -0.4 is 0 Å². The lowest BCUT2D eigenvalue weighted by molar-refractivity contribution is 0.101. The van der Waals surface area contributed by atoms with Crippen LogP contribution in [-0.4, -0.2) is 16.0 Å². The highest BCUT2D eigenvalue weighted by atomic mass is 35.5. The van der Waals surface area contributed by atoms with E-state index in [9.17, 15) is 9.59 Å². The highest BCUT2D eigenvalue weighted by molar-refractivity contribution is 6.30. The molecule has 0 saturated carbocycles. The number of carbonyl (C=O) groups is 2. The van der Waals surface area contributed by atoms with Crippen LogP contribution in [0.4, 0.5) is 0 Å². The van der Waals surface area contributed by atoms with Gasteiger partial charge in [-0.2, -0.15) is 0 Å². The summed E-state index contributed by atoms with van der Waals surface area (Å²) in [6.45, 7) is 3.33. The van der Waals surface area contributed by atoms with Crippen LogP contribution >= 0.6 is 11.6 Å². The van der Waals surface area contributed by atoms with Crippen LogP contribution in [-0.2, 0) is 0 Å². The lowest BCUT2D eigenvalue weighted by atomic mass is 10.0. The van der Waals surface area contributed by atoms with Crippen molar-refractivity contribution < 1.29 is 9.59 Å². The quantitative estimate of drug-likeness (QED) is 0.675. The topological polar surface area (TPSA) is 38.5 Å². The Labute approximate surface area is 133 Å². The predicted octanol–water partition coefficient (Wildman–Crippen LogP) is 4.33. The summed E-state index contributed by atoms with van der Waals surface area (Å²) in [5.74, 6) is -0.167. The number of hydrogen-bond donors (Lipinski definition) is 0. The molecule has 0 amide bonds. The highest BCUT2D eigenvalue weighted by Crippen LogP contribution is 2.26. The van der Waals surface area contributed by atoms with Gasteiger partial charge in [0.2, 0.25) is 5.78 Å². The van der Waals surface area contributed by atoms with E-state index in [0.717, 1.165) is 5.52 Å². The molecule has 0 aliphatic carbocycles. The molecule has 0 unspecified atom stereocenters. The van der Waals surface area contributed by atoms with E-state index in [-0.39, 0.29) is 11.6 Å². The minimum atomic E-state index is -0.122. The molecule has 0 radical (unpaired) electrons. The second-order valence-corrected chi connectivity index (χ2v) is 5.63. The van der Waals surface area contributed by atoms with E-state index in [1.165, 1.54) is 6.92 Å². The van der Waals surface area contributed by atoms with Crippen LogP contribution in [0.2, 0.25) is 5.02 Å². The summed E-state index contributed by atoms with van der Waals surface area (Å²) in [5.41, 5.74) is 3.12. The van der Waals surface area contributed by atoms with Crippen molar-refractivity contribution in [2.24, 2.45) is 0 Å². The number of nitrogens with zero attached hydrogens (tertiary/aromatic N) is 1. The maximum absolute atomic E-state index is 12.9. The summed E-state index contributed by atoms with van der Waals surface area (Å²) < 4.78 is 1.78. The van der Waals surface area contributed by atoms with Gasteiger partial charge in [-0.1, -0.05) is 17.7 Å². The van der Waals surface area contributed by atoms with E-state index in [4.69, 9.17) is 11.6 Å². The van der Waals surface area contributed by atoms with Gasteiger partial charge in [0, 0.05) is 22.3 Å². The number of pyridine rings is 1. The van der Waals surface area contributed by atoms with Crippen LogP contribution in [0.3, 0.4) is 0 Å². The van der Waals surface area contributed by atoms with Gasteiger partial charge in [-0.25, -0.2) is 0 Å². The molecular weight excluding hydrogens is 298 g/mol. The lowest BCUT2D eigenvalue weighted by Crippen LogP contribution is -2.06. The van der Waals surface area contributed by atoms with Crippen LogP contribution in [0.5, 0.6) is 0 Å². The largest absolute Gasteiger partial charge is 0.313 e. The monoisotopic (exact) mass is 311 g/mol. The molecule has 0 aliphatic heterocycles. The SMILES string of the molecule is CC(=O)c1c(C)c(C(=O)c2ccc(Cl)cc2)n2ccccc12. The number of fused-ring (bicyclic) bond motifs is 1. The van der Waals surface area contributed by atoms with Crippen LogP contribution in [0.1, 0.15) is 38.9 Å². The first-order valence-electron chi connectivity index (χ1n) is 6.91. The zero-order valence-electron chi connectivity index (χ0n) is 12.3. The second kappa shape index (κ2) is 5.43. The van der Waals surface area contributed by atoms with Crippen molar-refractivity contribution in [1.29, 1.82) is 0 Å². The third-order valence-electron chi connectivity index (χ3n) is 3.76. The van der Waals surface area contributed by atoms with Crippen LogP contribution in [0, 0.1) is 6.92 Å². The van der Waals surface area contributed by atoms with Crippen molar-refractivity contribution in [1.82, 2.24) is 4.40 Å². The van der Waals surface area contributed by atoms with E-state index in [0.29, 0.717) is 27.4 Å². The average molecular weight is 312 g/mol. The Morgan fingerprint density at radius 2 is 1.73 bits per heavy atom. The molecule has 3 aromatic rings. The van der Waals surface area contributed by atoms with Gasteiger partial charge < -0.3 is 4.40 Å². The zero-order valence-corrected chi connectivity index (χ0v) is 13.0. The van der Waals surface area contributed by atoms with Gasteiger partial charge in [-0.05, 0) is 55.8 Å². The number of carbonyl (C=O) groups excluding carboxylic acids is 2. The summed E-state index contributed by atoms with van der Waals surface area (Å²) in [4.78, 5) is 24.8. The number of Topliss-reactive ketones (excluding diaryl/α,β-unsaturated/α-hetero) is 1. The molecule has 3 nitrogen and oxygen atoms in total. The Hall–Kier alpha value is -2.39. The third-order valence-corrected chi connectivity index (χ3v) is 4.01. The fourth-order valence-corrected chi connectivity index (χ4v) is 2.92. The molecular formula is C18H14ClNO2. The summed E-state index contributed by atoms with van der Waals surface area (Å²) in [6, 6.07) is 12.3. The molecule has 1 aromatic carbocycles. The van der Waals surface area contributed by atoms with E-state index < -0.39 is 0 Å². The predicted molar refractivity (Wildman–Crippen MR) is 87.0 cm³/mol. The third kappa shape index (κ3) is 2.24. The molecule has 0 N–H and O–H groups in total. The zero-order chi connectivity index (χ0) is 15.9. The first kappa shape index (κ1) is 14.5. The molecule has 0 fully saturated rings. The van der Waals surface area contributed by atoms with Crippen molar-refractivity contribution in [3.8, 4) is 0 Å². The number of rotatable bonds is 3. The number of aromatic nitrogens is 1. The summed E-state index contributed by atoms with van der Waals surface area (Å²) in [6.07, 6.45) is 1.80. The Morgan fingerprint density at radius 3 is 2.36 bits per heavy atom. The maximum Gasteiger partial charge on any atom is 0.210 e. The molecule has 4 heteroatoms. The second-order valence-electron chi connectivity index (χ2n) is 5.20. The number of hydrogen-bond acceptors (Lipinski definition) is 2. The molecule has 3 rings (SSSR count). The van der Waals surface area contributed by atoms with Gasteiger partial charge in [0.25, 0.3) is 0 Å².